The van der Waals surface area contributed by atoms with E-state index in [2.05, 4.69) is 20.6 Å². The third-order valence-corrected chi connectivity index (χ3v) is 5.72. The summed E-state index contributed by atoms with van der Waals surface area (Å²) >= 11 is 0. The molecule has 2 aliphatic heterocycles. The molecule has 1 aromatic carbocycles. The molecule has 11 nitrogen and oxygen atoms in total. The Labute approximate surface area is 187 Å². The number of carbonyl (C=O) groups is 4. The number of fused-ring (bicyclic) bond motifs is 1. The monoisotopic (exact) mass is 446 g/mol. The number of esters is 1. The lowest BCUT2D eigenvalue weighted by molar-refractivity contribution is -0.136. The van der Waals surface area contributed by atoms with Gasteiger partial charge in [0.15, 0.2) is 0 Å². The summed E-state index contributed by atoms with van der Waals surface area (Å²) in [7, 11) is 1.30. The van der Waals surface area contributed by atoms with E-state index in [0.29, 0.717) is 34.5 Å². The number of piperidine rings is 1. The van der Waals surface area contributed by atoms with Crippen LogP contribution in [0.25, 0.3) is 16.9 Å². The van der Waals surface area contributed by atoms with Gasteiger partial charge in [0.05, 0.1) is 24.6 Å². The van der Waals surface area contributed by atoms with Gasteiger partial charge >= 0.3 is 5.97 Å². The Morgan fingerprint density at radius 1 is 1.18 bits per heavy atom. The number of nitrogens with zero attached hydrogens (tertiary/aromatic N) is 5. The van der Waals surface area contributed by atoms with Crippen molar-refractivity contribution in [1.29, 1.82) is 0 Å². The van der Waals surface area contributed by atoms with Gasteiger partial charge in [0.25, 0.3) is 5.91 Å². The summed E-state index contributed by atoms with van der Waals surface area (Å²) < 4.78 is 6.28. The van der Waals surface area contributed by atoms with Crippen molar-refractivity contribution in [1.82, 2.24) is 30.2 Å². The maximum absolute atomic E-state index is 12.9. The molecule has 5 rings (SSSR count). The Morgan fingerprint density at radius 2 is 2.03 bits per heavy atom. The smallest absolute Gasteiger partial charge is 0.339 e. The molecule has 11 heteroatoms. The van der Waals surface area contributed by atoms with Crippen LogP contribution in [-0.4, -0.2) is 61.7 Å². The molecule has 3 amide bonds. The Bertz CT molecular complexity index is 1320. The summed E-state index contributed by atoms with van der Waals surface area (Å²) in [6.45, 7) is 0.265. The summed E-state index contributed by atoms with van der Waals surface area (Å²) in [5.74, 6) is -1.51. The van der Waals surface area contributed by atoms with Gasteiger partial charge in [-0.2, -0.15) is 0 Å². The van der Waals surface area contributed by atoms with Crippen LogP contribution >= 0.6 is 0 Å². The second-order valence-corrected chi connectivity index (χ2v) is 7.74. The molecule has 0 saturated carbocycles. The average molecular weight is 446 g/mol. The van der Waals surface area contributed by atoms with Gasteiger partial charge in [-0.15, -0.1) is 5.10 Å². The maximum atomic E-state index is 12.9. The second-order valence-electron chi connectivity index (χ2n) is 7.74. The Morgan fingerprint density at radius 3 is 2.82 bits per heavy atom. The molecule has 2 aliphatic rings. The first-order valence-corrected chi connectivity index (χ1v) is 10.2. The van der Waals surface area contributed by atoms with Crippen LogP contribution in [0.2, 0.25) is 0 Å². The van der Waals surface area contributed by atoms with Crippen LogP contribution in [-0.2, 0) is 20.9 Å². The number of pyridine rings is 1. The molecule has 2 aromatic heterocycles. The van der Waals surface area contributed by atoms with Crippen molar-refractivity contribution in [2.75, 3.05) is 7.11 Å². The molecule has 1 unspecified atom stereocenters. The third-order valence-electron chi connectivity index (χ3n) is 5.72. The van der Waals surface area contributed by atoms with Gasteiger partial charge in [0.2, 0.25) is 11.8 Å². The van der Waals surface area contributed by atoms with Crippen LogP contribution in [0.1, 0.15) is 39.1 Å². The molecular weight excluding hydrogens is 428 g/mol. The number of hydrogen-bond donors (Lipinski definition) is 1. The van der Waals surface area contributed by atoms with Crippen LogP contribution in [0.5, 0.6) is 0 Å². The number of methoxy groups -OCH3 is 1. The van der Waals surface area contributed by atoms with Gasteiger partial charge in [-0.25, -0.2) is 9.48 Å². The fourth-order valence-corrected chi connectivity index (χ4v) is 4.04. The fourth-order valence-electron chi connectivity index (χ4n) is 4.04. The molecule has 4 heterocycles. The van der Waals surface area contributed by atoms with Crippen LogP contribution in [0.3, 0.4) is 0 Å². The summed E-state index contributed by atoms with van der Waals surface area (Å²) in [6, 6.07) is 6.21. The average Bonchev–Trinajstić information content (AvgIpc) is 3.44. The lowest BCUT2D eigenvalue weighted by Crippen LogP contribution is -2.52. The summed E-state index contributed by atoms with van der Waals surface area (Å²) in [6.07, 6.45) is 5.18. The number of benzene rings is 1. The summed E-state index contributed by atoms with van der Waals surface area (Å²) in [5, 5.41) is 10.6. The standard InChI is InChI=1S/C22H18N6O5/c1-33-22(32)13-6-12(8-23-9-13)17-11-28(26-25-17)15-2-3-16-14(7-15)10-27(21(16)31)18-4-5-19(29)24-20(18)30/h2-3,6-9,11,18H,4-5,10H2,1H3,(H,24,29,30). The molecule has 0 spiro atoms. The molecule has 3 aromatic rings. The summed E-state index contributed by atoms with van der Waals surface area (Å²) in [4.78, 5) is 53.8. The van der Waals surface area contributed by atoms with Crippen molar-refractivity contribution >= 4 is 23.7 Å². The Balaban J connectivity index is 1.39. The highest BCUT2D eigenvalue weighted by Gasteiger charge is 2.39. The normalized spacial score (nSPS) is 17.7. The first-order chi connectivity index (χ1) is 15.9. The minimum absolute atomic E-state index is 0.204. The van der Waals surface area contributed by atoms with Crippen LogP contribution in [0.15, 0.2) is 42.9 Å². The van der Waals surface area contributed by atoms with Crippen LogP contribution < -0.4 is 5.32 Å². The van der Waals surface area contributed by atoms with Crippen molar-refractivity contribution in [2.24, 2.45) is 0 Å². The minimum Gasteiger partial charge on any atom is -0.465 e. The number of carbonyl (C=O) groups excluding carboxylic acids is 4. The number of imide groups is 1. The largest absolute Gasteiger partial charge is 0.465 e. The molecule has 166 valence electrons. The Hall–Kier alpha value is -4.41. The van der Waals surface area contributed by atoms with Gasteiger partial charge in [-0.05, 0) is 36.2 Å². The fraction of sp³-hybridized carbons (Fsp3) is 0.227. The maximum Gasteiger partial charge on any atom is 0.339 e. The highest BCUT2D eigenvalue weighted by Crippen LogP contribution is 2.29. The molecular formula is C22H18N6O5. The first-order valence-electron chi connectivity index (χ1n) is 10.2. The van der Waals surface area contributed by atoms with E-state index in [4.69, 9.17) is 4.74 Å². The molecule has 1 N–H and O–H groups in total. The number of aromatic nitrogens is 4. The highest BCUT2D eigenvalue weighted by molar-refractivity contribution is 6.05. The Kier molecular flexibility index (Phi) is 4.93. The van der Waals surface area contributed by atoms with Gasteiger partial charge in [0, 0.05) is 36.5 Å². The number of ether oxygens (including phenoxy) is 1. The number of amides is 3. The predicted octanol–water partition coefficient (Wildman–Crippen LogP) is 0.877. The van der Waals surface area contributed by atoms with E-state index in [1.54, 1.807) is 35.3 Å². The molecule has 0 aliphatic carbocycles. The highest BCUT2D eigenvalue weighted by atomic mass is 16.5. The van der Waals surface area contributed by atoms with Crippen LogP contribution in [0.4, 0.5) is 0 Å². The quantitative estimate of drug-likeness (QED) is 0.461. The molecule has 33 heavy (non-hydrogen) atoms. The van der Waals surface area contributed by atoms with E-state index in [-0.39, 0.29) is 24.8 Å². The molecule has 1 saturated heterocycles. The van der Waals surface area contributed by atoms with Crippen molar-refractivity contribution in [3.05, 3.63) is 59.5 Å². The molecule has 0 radical (unpaired) electrons. The van der Waals surface area contributed by atoms with E-state index >= 15 is 0 Å². The van der Waals surface area contributed by atoms with Gasteiger partial charge in [0.1, 0.15) is 11.7 Å². The van der Waals surface area contributed by atoms with Crippen molar-refractivity contribution in [3.63, 3.8) is 0 Å². The second kappa shape index (κ2) is 7.93. The topological polar surface area (TPSA) is 136 Å². The number of hydrogen-bond acceptors (Lipinski definition) is 8. The summed E-state index contributed by atoms with van der Waals surface area (Å²) in [5.41, 5.74) is 3.36. The van der Waals surface area contributed by atoms with E-state index in [1.165, 1.54) is 18.2 Å². The predicted molar refractivity (Wildman–Crippen MR) is 112 cm³/mol. The molecule has 1 fully saturated rings. The van der Waals surface area contributed by atoms with Crippen LogP contribution in [0, 0.1) is 0 Å². The lowest BCUT2D eigenvalue weighted by Gasteiger charge is -2.29. The zero-order valence-corrected chi connectivity index (χ0v) is 17.5. The van der Waals surface area contributed by atoms with Gasteiger partial charge < -0.3 is 9.64 Å². The number of nitrogens with one attached hydrogen (secondary N) is 1. The number of rotatable bonds is 4. The van der Waals surface area contributed by atoms with E-state index < -0.39 is 17.9 Å². The molecule has 1 atom stereocenters. The van der Waals surface area contributed by atoms with E-state index in [9.17, 15) is 19.2 Å². The van der Waals surface area contributed by atoms with Crippen molar-refractivity contribution < 1.29 is 23.9 Å². The van der Waals surface area contributed by atoms with Gasteiger partial charge in [-0.1, -0.05) is 5.21 Å². The molecule has 0 bridgehead atoms. The zero-order chi connectivity index (χ0) is 23.1. The lowest BCUT2D eigenvalue weighted by atomic mass is 10.0. The van der Waals surface area contributed by atoms with Crippen molar-refractivity contribution in [3.8, 4) is 16.9 Å². The van der Waals surface area contributed by atoms with Crippen molar-refractivity contribution in [2.45, 2.75) is 25.4 Å². The zero-order valence-electron chi connectivity index (χ0n) is 17.5. The SMILES string of the molecule is COC(=O)c1cncc(-c2cn(-c3ccc4c(c3)CN(C3CCC(=O)NC3=O)C4=O)nn2)c1. The minimum atomic E-state index is -0.668. The van der Waals surface area contributed by atoms with E-state index in [0.717, 1.165) is 5.56 Å². The van der Waals surface area contributed by atoms with E-state index in [1.807, 2.05) is 6.07 Å². The van der Waals surface area contributed by atoms with Gasteiger partial charge in [-0.3, -0.25) is 24.7 Å². The first kappa shape index (κ1) is 20.5. The third kappa shape index (κ3) is 3.63.